The first-order valence-electron chi connectivity index (χ1n) is 5.70. The molecule has 0 aliphatic heterocycles. The molecular weight excluding hydrogens is 269 g/mol. The molecule has 0 fully saturated rings. The standard InChI is InChI=1S/C14H11F3N2O/c15-14(16,17)10-5-7-11(8-6-10)19(9-20)13-4-2-1-3-12(13)18/h1-9H,18H2. The summed E-state index contributed by atoms with van der Waals surface area (Å²) in [7, 11) is 0. The summed E-state index contributed by atoms with van der Waals surface area (Å²) in [5.41, 5.74) is 6.07. The van der Waals surface area contributed by atoms with Crippen LogP contribution in [0.15, 0.2) is 48.5 Å². The van der Waals surface area contributed by atoms with Gasteiger partial charge in [0.05, 0.1) is 16.9 Å². The number of hydrogen-bond acceptors (Lipinski definition) is 2. The number of nitrogens with two attached hydrogens (primary N) is 1. The van der Waals surface area contributed by atoms with E-state index in [-0.39, 0.29) is 0 Å². The zero-order valence-corrected chi connectivity index (χ0v) is 10.3. The fourth-order valence-electron chi connectivity index (χ4n) is 1.77. The second-order valence-corrected chi connectivity index (χ2v) is 4.08. The zero-order valence-electron chi connectivity index (χ0n) is 10.3. The van der Waals surface area contributed by atoms with Gasteiger partial charge in [-0.1, -0.05) is 12.1 Å². The molecule has 2 aromatic carbocycles. The lowest BCUT2D eigenvalue weighted by atomic mass is 10.1. The molecule has 0 unspecified atom stereocenters. The predicted octanol–water partition coefficient (Wildman–Crippen LogP) is 3.58. The molecule has 0 heterocycles. The molecule has 0 saturated heterocycles. The lowest BCUT2D eigenvalue weighted by Crippen LogP contribution is -2.16. The van der Waals surface area contributed by atoms with Gasteiger partial charge in [-0.25, -0.2) is 0 Å². The summed E-state index contributed by atoms with van der Waals surface area (Å²) in [5, 5.41) is 0. The average molecular weight is 280 g/mol. The number of rotatable bonds is 3. The lowest BCUT2D eigenvalue weighted by molar-refractivity contribution is -0.137. The Kier molecular flexibility index (Phi) is 3.65. The SMILES string of the molecule is Nc1ccccc1N(C=O)c1ccc(C(F)(F)F)cc1. The zero-order chi connectivity index (χ0) is 14.8. The minimum atomic E-state index is -4.41. The number of alkyl halides is 3. The van der Waals surface area contributed by atoms with Gasteiger partial charge in [-0.15, -0.1) is 0 Å². The number of carbonyl (C=O) groups excluding carboxylic acids is 1. The number of halogens is 3. The van der Waals surface area contributed by atoms with E-state index in [1.165, 1.54) is 17.0 Å². The molecule has 6 heteroatoms. The van der Waals surface area contributed by atoms with Crippen LogP contribution in [0.2, 0.25) is 0 Å². The van der Waals surface area contributed by atoms with Gasteiger partial charge in [0.15, 0.2) is 0 Å². The Morgan fingerprint density at radius 3 is 2.10 bits per heavy atom. The van der Waals surface area contributed by atoms with Gasteiger partial charge < -0.3 is 5.73 Å². The van der Waals surface area contributed by atoms with Crippen molar-refractivity contribution in [3.05, 3.63) is 54.1 Å². The number of anilines is 3. The van der Waals surface area contributed by atoms with Gasteiger partial charge in [0.2, 0.25) is 6.41 Å². The highest BCUT2D eigenvalue weighted by molar-refractivity contribution is 5.91. The quantitative estimate of drug-likeness (QED) is 0.690. The van der Waals surface area contributed by atoms with Crippen LogP contribution in [-0.2, 0) is 11.0 Å². The highest BCUT2D eigenvalue weighted by Gasteiger charge is 2.30. The van der Waals surface area contributed by atoms with Crippen LogP contribution in [0, 0.1) is 0 Å². The third-order valence-corrected chi connectivity index (χ3v) is 2.77. The second-order valence-electron chi connectivity index (χ2n) is 4.08. The summed E-state index contributed by atoms with van der Waals surface area (Å²) >= 11 is 0. The molecule has 2 N–H and O–H groups in total. The van der Waals surface area contributed by atoms with E-state index in [1.54, 1.807) is 24.3 Å². The van der Waals surface area contributed by atoms with Crippen LogP contribution < -0.4 is 10.6 Å². The molecule has 2 rings (SSSR count). The summed E-state index contributed by atoms with van der Waals surface area (Å²) in [6.45, 7) is 0. The smallest absolute Gasteiger partial charge is 0.397 e. The first kappa shape index (κ1) is 13.9. The molecule has 2 aromatic rings. The number of nitrogen functional groups attached to an aromatic ring is 1. The maximum Gasteiger partial charge on any atom is 0.416 e. The summed E-state index contributed by atoms with van der Waals surface area (Å²) < 4.78 is 37.5. The van der Waals surface area contributed by atoms with Crippen molar-refractivity contribution in [2.24, 2.45) is 0 Å². The Morgan fingerprint density at radius 2 is 1.60 bits per heavy atom. The molecule has 0 aliphatic carbocycles. The van der Waals surface area contributed by atoms with E-state index < -0.39 is 11.7 Å². The molecular formula is C14H11F3N2O. The molecule has 0 radical (unpaired) electrons. The number of carbonyl (C=O) groups is 1. The summed E-state index contributed by atoms with van der Waals surface area (Å²) in [6.07, 6.45) is -3.90. The molecule has 0 spiro atoms. The van der Waals surface area contributed by atoms with E-state index >= 15 is 0 Å². The third kappa shape index (κ3) is 2.74. The van der Waals surface area contributed by atoms with Crippen molar-refractivity contribution < 1.29 is 18.0 Å². The van der Waals surface area contributed by atoms with Gasteiger partial charge in [-0.3, -0.25) is 9.69 Å². The molecule has 1 amide bonds. The second kappa shape index (κ2) is 5.24. The normalized spacial score (nSPS) is 11.2. The summed E-state index contributed by atoms with van der Waals surface area (Å²) in [5.74, 6) is 0. The van der Waals surface area contributed by atoms with Crippen LogP contribution in [0.1, 0.15) is 5.56 Å². The first-order valence-corrected chi connectivity index (χ1v) is 5.70. The molecule has 20 heavy (non-hydrogen) atoms. The first-order chi connectivity index (χ1) is 9.43. The molecule has 3 nitrogen and oxygen atoms in total. The van der Waals surface area contributed by atoms with Gasteiger partial charge in [0.25, 0.3) is 0 Å². The van der Waals surface area contributed by atoms with E-state index in [2.05, 4.69) is 0 Å². The van der Waals surface area contributed by atoms with E-state index in [4.69, 9.17) is 5.73 Å². The summed E-state index contributed by atoms with van der Waals surface area (Å²) in [6, 6.07) is 10.9. The van der Waals surface area contributed by atoms with Crippen molar-refractivity contribution in [2.45, 2.75) is 6.18 Å². The van der Waals surface area contributed by atoms with E-state index in [0.717, 1.165) is 12.1 Å². The number of amides is 1. The fraction of sp³-hybridized carbons (Fsp3) is 0.0714. The van der Waals surface area contributed by atoms with Crippen molar-refractivity contribution in [2.75, 3.05) is 10.6 Å². The highest BCUT2D eigenvalue weighted by atomic mass is 19.4. The lowest BCUT2D eigenvalue weighted by Gasteiger charge is -2.19. The van der Waals surface area contributed by atoms with Gasteiger partial charge >= 0.3 is 6.18 Å². The van der Waals surface area contributed by atoms with E-state index in [0.29, 0.717) is 23.5 Å². The Morgan fingerprint density at radius 1 is 1.00 bits per heavy atom. The fourth-order valence-corrected chi connectivity index (χ4v) is 1.77. The van der Waals surface area contributed by atoms with Crippen LogP contribution in [0.3, 0.4) is 0 Å². The van der Waals surface area contributed by atoms with Crippen LogP contribution >= 0.6 is 0 Å². The highest BCUT2D eigenvalue weighted by Crippen LogP contribution is 2.33. The Labute approximate surface area is 113 Å². The van der Waals surface area contributed by atoms with Gasteiger partial charge in [-0.2, -0.15) is 13.2 Å². The van der Waals surface area contributed by atoms with Crippen LogP contribution in [0.25, 0.3) is 0 Å². The maximum atomic E-state index is 12.5. The number of para-hydroxylation sites is 2. The largest absolute Gasteiger partial charge is 0.416 e. The summed E-state index contributed by atoms with van der Waals surface area (Å²) in [4.78, 5) is 12.4. The van der Waals surface area contributed by atoms with Crippen molar-refractivity contribution in [1.82, 2.24) is 0 Å². The van der Waals surface area contributed by atoms with Crippen LogP contribution in [-0.4, -0.2) is 6.41 Å². The minimum absolute atomic E-state index is 0.311. The number of hydrogen-bond donors (Lipinski definition) is 1. The van der Waals surface area contributed by atoms with Gasteiger partial charge in [0.1, 0.15) is 0 Å². The molecule has 0 aromatic heterocycles. The average Bonchev–Trinajstić information content (AvgIpc) is 2.41. The minimum Gasteiger partial charge on any atom is -0.397 e. The van der Waals surface area contributed by atoms with Crippen LogP contribution in [0.5, 0.6) is 0 Å². The van der Waals surface area contributed by atoms with Crippen LogP contribution in [0.4, 0.5) is 30.2 Å². The van der Waals surface area contributed by atoms with Crippen molar-refractivity contribution >= 4 is 23.5 Å². The van der Waals surface area contributed by atoms with Crippen molar-refractivity contribution in [3.63, 3.8) is 0 Å². The van der Waals surface area contributed by atoms with Gasteiger partial charge in [-0.05, 0) is 36.4 Å². The maximum absolute atomic E-state index is 12.5. The molecule has 0 aliphatic rings. The predicted molar refractivity (Wildman–Crippen MR) is 70.5 cm³/mol. The molecule has 104 valence electrons. The Balaban J connectivity index is 2.39. The Bertz CT molecular complexity index is 609. The van der Waals surface area contributed by atoms with E-state index in [9.17, 15) is 18.0 Å². The third-order valence-electron chi connectivity index (χ3n) is 2.77. The van der Waals surface area contributed by atoms with Gasteiger partial charge in [0, 0.05) is 5.69 Å². The monoisotopic (exact) mass is 280 g/mol. The van der Waals surface area contributed by atoms with Crippen molar-refractivity contribution in [1.29, 1.82) is 0 Å². The van der Waals surface area contributed by atoms with E-state index in [1.807, 2.05) is 0 Å². The number of nitrogens with zero attached hydrogens (tertiary/aromatic N) is 1. The number of benzene rings is 2. The molecule has 0 atom stereocenters. The van der Waals surface area contributed by atoms with Crippen molar-refractivity contribution in [3.8, 4) is 0 Å². The molecule has 0 saturated carbocycles. The Hall–Kier alpha value is -2.50. The molecule has 0 bridgehead atoms. The topological polar surface area (TPSA) is 46.3 Å².